The van der Waals surface area contributed by atoms with E-state index in [9.17, 15) is 14.4 Å². The SMILES string of the molecule is CC(=O)Cn1c(=O)c2c(nc(C)n2Cc2ccccc2)n(C)c1=O. The van der Waals surface area contributed by atoms with Gasteiger partial charge in [0.05, 0.1) is 6.54 Å². The third-order valence-electron chi connectivity index (χ3n) is 3.99. The third kappa shape index (κ3) is 2.58. The van der Waals surface area contributed by atoms with Crippen molar-refractivity contribution in [3.8, 4) is 0 Å². The standard InChI is InChI=1S/C17H18N4O3/c1-11(22)9-21-16(23)14-15(19(3)17(21)24)18-12(2)20(14)10-13-7-5-4-6-8-13/h4-8H,9-10H2,1-3H3. The van der Waals surface area contributed by atoms with Gasteiger partial charge in [-0.2, -0.15) is 0 Å². The minimum atomic E-state index is -0.535. The Hall–Kier alpha value is -2.96. The molecule has 0 fully saturated rings. The number of fused-ring (bicyclic) bond motifs is 1. The molecule has 7 nitrogen and oxygen atoms in total. The van der Waals surface area contributed by atoms with Crippen LogP contribution in [-0.4, -0.2) is 24.5 Å². The number of aromatic nitrogens is 4. The van der Waals surface area contributed by atoms with Crippen molar-refractivity contribution in [2.24, 2.45) is 7.05 Å². The molecule has 0 unspecified atom stereocenters. The summed E-state index contributed by atoms with van der Waals surface area (Å²) in [6.07, 6.45) is 0. The van der Waals surface area contributed by atoms with Crippen LogP contribution in [-0.2, 0) is 24.9 Å². The molecule has 0 saturated heterocycles. The van der Waals surface area contributed by atoms with Gasteiger partial charge in [0.2, 0.25) is 0 Å². The van der Waals surface area contributed by atoms with Gasteiger partial charge in [0.1, 0.15) is 11.6 Å². The van der Waals surface area contributed by atoms with Crippen LogP contribution in [0.5, 0.6) is 0 Å². The summed E-state index contributed by atoms with van der Waals surface area (Å²) in [5, 5.41) is 0. The van der Waals surface area contributed by atoms with E-state index in [1.54, 1.807) is 18.5 Å². The summed E-state index contributed by atoms with van der Waals surface area (Å²) in [4.78, 5) is 40.9. The number of aryl methyl sites for hydroxylation is 2. The van der Waals surface area contributed by atoms with E-state index in [1.165, 1.54) is 11.5 Å². The summed E-state index contributed by atoms with van der Waals surface area (Å²) in [7, 11) is 1.56. The number of hydrogen-bond donors (Lipinski definition) is 0. The van der Waals surface area contributed by atoms with Crippen molar-refractivity contribution < 1.29 is 4.79 Å². The second kappa shape index (κ2) is 5.92. The van der Waals surface area contributed by atoms with Gasteiger partial charge in [-0.25, -0.2) is 9.78 Å². The lowest BCUT2D eigenvalue weighted by molar-refractivity contribution is -0.117. The van der Waals surface area contributed by atoms with E-state index in [4.69, 9.17) is 0 Å². The maximum Gasteiger partial charge on any atom is 0.332 e. The van der Waals surface area contributed by atoms with Gasteiger partial charge in [-0.1, -0.05) is 30.3 Å². The van der Waals surface area contributed by atoms with E-state index in [-0.39, 0.29) is 12.3 Å². The normalized spacial score (nSPS) is 11.1. The Morgan fingerprint density at radius 3 is 2.42 bits per heavy atom. The Morgan fingerprint density at radius 1 is 1.12 bits per heavy atom. The molecule has 0 spiro atoms. The molecule has 0 aliphatic carbocycles. The van der Waals surface area contributed by atoms with E-state index in [2.05, 4.69) is 4.98 Å². The van der Waals surface area contributed by atoms with Crippen LogP contribution in [0.25, 0.3) is 11.2 Å². The Balaban J connectivity index is 2.29. The molecule has 0 aliphatic rings. The van der Waals surface area contributed by atoms with Crippen molar-refractivity contribution in [3.63, 3.8) is 0 Å². The monoisotopic (exact) mass is 326 g/mol. The van der Waals surface area contributed by atoms with Crippen LogP contribution < -0.4 is 11.2 Å². The largest absolute Gasteiger partial charge is 0.332 e. The molecule has 3 rings (SSSR count). The zero-order valence-corrected chi connectivity index (χ0v) is 13.8. The van der Waals surface area contributed by atoms with Gasteiger partial charge in [0.15, 0.2) is 11.2 Å². The molecule has 0 saturated carbocycles. The molecular weight excluding hydrogens is 308 g/mol. The van der Waals surface area contributed by atoms with Crippen molar-refractivity contribution in [1.82, 2.24) is 18.7 Å². The van der Waals surface area contributed by atoms with E-state index in [1.807, 2.05) is 30.3 Å². The fourth-order valence-corrected chi connectivity index (χ4v) is 2.80. The fourth-order valence-electron chi connectivity index (χ4n) is 2.80. The first-order chi connectivity index (χ1) is 11.4. The number of rotatable bonds is 4. The van der Waals surface area contributed by atoms with Crippen LogP contribution in [0.1, 0.15) is 18.3 Å². The van der Waals surface area contributed by atoms with Gasteiger partial charge >= 0.3 is 5.69 Å². The van der Waals surface area contributed by atoms with Crippen LogP contribution in [0.15, 0.2) is 39.9 Å². The van der Waals surface area contributed by atoms with E-state index < -0.39 is 11.2 Å². The lowest BCUT2D eigenvalue weighted by Gasteiger charge is -2.09. The van der Waals surface area contributed by atoms with Gasteiger partial charge < -0.3 is 4.57 Å². The van der Waals surface area contributed by atoms with Gasteiger partial charge in [-0.05, 0) is 19.4 Å². The lowest BCUT2D eigenvalue weighted by atomic mass is 10.2. The molecule has 7 heteroatoms. The number of Topliss-reactive ketones (excluding diaryl/α,β-unsaturated/α-hetero) is 1. The van der Waals surface area contributed by atoms with Crippen molar-refractivity contribution in [1.29, 1.82) is 0 Å². The molecule has 0 atom stereocenters. The Kier molecular flexibility index (Phi) is 3.92. The molecule has 0 N–H and O–H groups in total. The molecule has 0 amide bonds. The smallest absolute Gasteiger partial charge is 0.318 e. The van der Waals surface area contributed by atoms with Crippen LogP contribution in [0.2, 0.25) is 0 Å². The molecule has 0 bridgehead atoms. The van der Waals surface area contributed by atoms with Crippen LogP contribution in [0.3, 0.4) is 0 Å². The molecule has 1 aromatic carbocycles. The molecule has 124 valence electrons. The predicted molar refractivity (Wildman–Crippen MR) is 90.2 cm³/mol. The van der Waals surface area contributed by atoms with Crippen LogP contribution >= 0.6 is 0 Å². The molecule has 3 aromatic rings. The number of benzene rings is 1. The van der Waals surface area contributed by atoms with Gasteiger partial charge in [0.25, 0.3) is 5.56 Å². The number of hydrogen-bond acceptors (Lipinski definition) is 4. The zero-order chi connectivity index (χ0) is 17.4. The molecule has 2 heterocycles. The molecular formula is C17H18N4O3. The minimum absolute atomic E-state index is 0.239. The number of ketones is 1. The zero-order valence-electron chi connectivity index (χ0n) is 13.8. The summed E-state index contributed by atoms with van der Waals surface area (Å²) >= 11 is 0. The lowest BCUT2D eigenvalue weighted by Crippen LogP contribution is -2.41. The number of carbonyl (C=O) groups is 1. The molecule has 0 radical (unpaired) electrons. The quantitative estimate of drug-likeness (QED) is 0.712. The average Bonchev–Trinajstić information content (AvgIpc) is 2.87. The van der Waals surface area contributed by atoms with Gasteiger partial charge in [-0.3, -0.25) is 18.7 Å². The van der Waals surface area contributed by atoms with E-state index >= 15 is 0 Å². The summed E-state index contributed by atoms with van der Waals surface area (Å²) in [5.41, 5.74) is 0.663. The second-order valence-electron chi connectivity index (χ2n) is 5.84. The van der Waals surface area contributed by atoms with E-state index in [0.29, 0.717) is 23.5 Å². The summed E-state index contributed by atoms with van der Waals surface area (Å²) < 4.78 is 4.06. The highest BCUT2D eigenvalue weighted by Crippen LogP contribution is 2.13. The highest BCUT2D eigenvalue weighted by molar-refractivity contribution is 5.76. The minimum Gasteiger partial charge on any atom is -0.318 e. The summed E-state index contributed by atoms with van der Waals surface area (Å²) in [6.45, 7) is 3.37. The van der Waals surface area contributed by atoms with Crippen LogP contribution in [0, 0.1) is 6.92 Å². The Bertz CT molecular complexity index is 1040. The number of imidazole rings is 1. The first kappa shape index (κ1) is 15.9. The van der Waals surface area contributed by atoms with Gasteiger partial charge in [0, 0.05) is 13.6 Å². The number of nitrogens with zero attached hydrogens (tertiary/aromatic N) is 4. The average molecular weight is 326 g/mol. The highest BCUT2D eigenvalue weighted by Gasteiger charge is 2.19. The maximum absolute atomic E-state index is 12.8. The molecule has 2 aromatic heterocycles. The summed E-state index contributed by atoms with van der Waals surface area (Å²) in [6, 6.07) is 9.69. The maximum atomic E-state index is 12.8. The Morgan fingerprint density at radius 2 is 1.79 bits per heavy atom. The van der Waals surface area contributed by atoms with Crippen molar-refractivity contribution in [2.45, 2.75) is 26.9 Å². The summed E-state index contributed by atoms with van der Waals surface area (Å²) in [5.74, 6) is 0.390. The number of carbonyl (C=O) groups excluding carboxylic acids is 1. The molecule has 0 aliphatic heterocycles. The second-order valence-corrected chi connectivity index (χ2v) is 5.84. The van der Waals surface area contributed by atoms with Crippen molar-refractivity contribution in [3.05, 3.63) is 62.6 Å². The van der Waals surface area contributed by atoms with Crippen molar-refractivity contribution in [2.75, 3.05) is 0 Å². The van der Waals surface area contributed by atoms with Crippen molar-refractivity contribution >= 4 is 16.9 Å². The fraction of sp³-hybridized carbons (Fsp3) is 0.294. The highest BCUT2D eigenvalue weighted by atomic mass is 16.2. The molecule has 24 heavy (non-hydrogen) atoms. The van der Waals surface area contributed by atoms with Gasteiger partial charge in [-0.15, -0.1) is 0 Å². The first-order valence-corrected chi connectivity index (χ1v) is 7.60. The predicted octanol–water partition coefficient (Wildman–Crippen LogP) is 0.842. The third-order valence-corrected chi connectivity index (χ3v) is 3.99. The topological polar surface area (TPSA) is 78.9 Å². The van der Waals surface area contributed by atoms with E-state index in [0.717, 1.165) is 10.1 Å². The Labute approximate surface area is 137 Å². The first-order valence-electron chi connectivity index (χ1n) is 7.60. The van der Waals surface area contributed by atoms with Crippen LogP contribution in [0.4, 0.5) is 0 Å².